The number of nitrogens with one attached hydrogen (secondary N) is 1. The topological polar surface area (TPSA) is 39.1 Å². The summed E-state index contributed by atoms with van der Waals surface area (Å²) in [6.45, 7) is 7.04. The molecule has 0 amide bonds. The molecular formula is C15H20ClN3O. The molecule has 1 heterocycles. The SMILES string of the molecule is COc1ccc(Cl)cc1NCc1cnn(C(C)(C)C)c1. The minimum absolute atomic E-state index is 0.00794. The summed E-state index contributed by atoms with van der Waals surface area (Å²) in [5.41, 5.74) is 1.98. The fourth-order valence-electron chi connectivity index (χ4n) is 1.83. The molecule has 1 N–H and O–H groups in total. The van der Waals surface area contributed by atoms with Crippen molar-refractivity contribution in [2.24, 2.45) is 0 Å². The van der Waals surface area contributed by atoms with Gasteiger partial charge in [0, 0.05) is 23.3 Å². The normalized spacial score (nSPS) is 11.4. The molecule has 1 aromatic carbocycles. The van der Waals surface area contributed by atoms with Gasteiger partial charge in [-0.25, -0.2) is 0 Å². The number of halogens is 1. The van der Waals surface area contributed by atoms with Crippen molar-refractivity contribution < 1.29 is 4.74 Å². The van der Waals surface area contributed by atoms with Gasteiger partial charge in [0.05, 0.1) is 24.5 Å². The maximum absolute atomic E-state index is 6.01. The monoisotopic (exact) mass is 293 g/mol. The number of ether oxygens (including phenoxy) is 1. The number of hydrogen-bond donors (Lipinski definition) is 1. The van der Waals surface area contributed by atoms with Crippen LogP contribution in [0.2, 0.25) is 5.02 Å². The summed E-state index contributed by atoms with van der Waals surface area (Å²) in [7, 11) is 1.64. The van der Waals surface area contributed by atoms with Crippen LogP contribution in [0.5, 0.6) is 5.75 Å². The molecule has 1 aromatic heterocycles. The Morgan fingerprint density at radius 2 is 2.10 bits per heavy atom. The molecule has 2 rings (SSSR count). The van der Waals surface area contributed by atoms with Crippen LogP contribution >= 0.6 is 11.6 Å². The predicted octanol–water partition coefficient (Wildman–Crippen LogP) is 3.91. The average molecular weight is 294 g/mol. The second-order valence-corrected chi connectivity index (χ2v) is 6.10. The van der Waals surface area contributed by atoms with Gasteiger partial charge >= 0.3 is 0 Å². The van der Waals surface area contributed by atoms with Gasteiger partial charge in [-0.2, -0.15) is 5.10 Å². The Balaban J connectivity index is 2.09. The van der Waals surface area contributed by atoms with Crippen LogP contribution in [0, 0.1) is 0 Å². The average Bonchev–Trinajstić information content (AvgIpc) is 2.85. The summed E-state index contributed by atoms with van der Waals surface area (Å²) in [5.74, 6) is 0.776. The summed E-state index contributed by atoms with van der Waals surface area (Å²) in [6, 6.07) is 5.51. The molecule has 0 aliphatic heterocycles. The highest BCUT2D eigenvalue weighted by molar-refractivity contribution is 6.30. The number of anilines is 1. The highest BCUT2D eigenvalue weighted by Gasteiger charge is 2.14. The van der Waals surface area contributed by atoms with Crippen LogP contribution in [0.4, 0.5) is 5.69 Å². The third kappa shape index (κ3) is 3.45. The van der Waals surface area contributed by atoms with E-state index in [1.165, 1.54) is 0 Å². The van der Waals surface area contributed by atoms with Crippen molar-refractivity contribution in [3.63, 3.8) is 0 Å². The lowest BCUT2D eigenvalue weighted by Gasteiger charge is -2.18. The molecule has 4 nitrogen and oxygen atoms in total. The van der Waals surface area contributed by atoms with Crippen molar-refractivity contribution >= 4 is 17.3 Å². The van der Waals surface area contributed by atoms with E-state index in [1.54, 1.807) is 7.11 Å². The summed E-state index contributed by atoms with van der Waals surface area (Å²) >= 11 is 6.01. The zero-order valence-corrected chi connectivity index (χ0v) is 13.0. The van der Waals surface area contributed by atoms with Crippen molar-refractivity contribution in [1.29, 1.82) is 0 Å². The van der Waals surface area contributed by atoms with Crippen LogP contribution in [-0.4, -0.2) is 16.9 Å². The van der Waals surface area contributed by atoms with Gasteiger partial charge in [-0.15, -0.1) is 0 Å². The minimum Gasteiger partial charge on any atom is -0.495 e. The fraction of sp³-hybridized carbons (Fsp3) is 0.400. The molecule has 0 bridgehead atoms. The Morgan fingerprint density at radius 3 is 2.70 bits per heavy atom. The van der Waals surface area contributed by atoms with Crippen molar-refractivity contribution in [1.82, 2.24) is 9.78 Å². The highest BCUT2D eigenvalue weighted by Crippen LogP contribution is 2.28. The van der Waals surface area contributed by atoms with Crippen LogP contribution in [0.1, 0.15) is 26.3 Å². The van der Waals surface area contributed by atoms with Gasteiger partial charge < -0.3 is 10.1 Å². The Morgan fingerprint density at radius 1 is 1.35 bits per heavy atom. The third-order valence-corrected chi connectivity index (χ3v) is 3.20. The van der Waals surface area contributed by atoms with Gasteiger partial charge in [0.1, 0.15) is 5.75 Å². The number of hydrogen-bond acceptors (Lipinski definition) is 3. The molecule has 0 saturated heterocycles. The van der Waals surface area contributed by atoms with E-state index in [0.29, 0.717) is 11.6 Å². The number of rotatable bonds is 4. The van der Waals surface area contributed by atoms with Crippen LogP contribution in [0.15, 0.2) is 30.6 Å². The van der Waals surface area contributed by atoms with Gasteiger partial charge in [-0.1, -0.05) is 11.6 Å². The lowest BCUT2D eigenvalue weighted by Crippen LogP contribution is -2.21. The lowest BCUT2D eigenvalue weighted by atomic mass is 10.1. The van der Waals surface area contributed by atoms with Crippen molar-refractivity contribution in [2.75, 3.05) is 12.4 Å². The van der Waals surface area contributed by atoms with E-state index in [9.17, 15) is 0 Å². The Bertz CT molecular complexity index is 587. The molecule has 0 spiro atoms. The largest absolute Gasteiger partial charge is 0.495 e. The standard InChI is InChI=1S/C15H20ClN3O/c1-15(2,3)19-10-11(9-18-19)8-17-13-7-12(16)5-6-14(13)20-4/h5-7,9-10,17H,8H2,1-4H3. The zero-order valence-electron chi connectivity index (χ0n) is 12.3. The summed E-state index contributed by atoms with van der Waals surface area (Å²) in [4.78, 5) is 0. The van der Waals surface area contributed by atoms with Gasteiger partial charge in [0.2, 0.25) is 0 Å². The minimum atomic E-state index is -0.00794. The highest BCUT2D eigenvalue weighted by atomic mass is 35.5. The van der Waals surface area contributed by atoms with Gasteiger partial charge in [0.15, 0.2) is 0 Å². The first-order valence-electron chi connectivity index (χ1n) is 6.51. The molecule has 0 fully saturated rings. The van der Waals surface area contributed by atoms with Crippen molar-refractivity contribution in [3.8, 4) is 5.75 Å². The van der Waals surface area contributed by atoms with E-state index in [1.807, 2.05) is 35.3 Å². The molecule has 0 aliphatic rings. The Hall–Kier alpha value is -1.68. The Kier molecular flexibility index (Phi) is 4.23. The molecule has 2 aromatic rings. The maximum atomic E-state index is 6.01. The van der Waals surface area contributed by atoms with E-state index < -0.39 is 0 Å². The van der Waals surface area contributed by atoms with Crippen molar-refractivity contribution in [2.45, 2.75) is 32.9 Å². The first kappa shape index (κ1) is 14.7. The molecule has 0 radical (unpaired) electrons. The summed E-state index contributed by atoms with van der Waals surface area (Å²) in [5, 5.41) is 8.38. The van der Waals surface area contributed by atoms with Crippen LogP contribution < -0.4 is 10.1 Å². The van der Waals surface area contributed by atoms with E-state index in [0.717, 1.165) is 17.0 Å². The molecular weight excluding hydrogens is 274 g/mol. The maximum Gasteiger partial charge on any atom is 0.142 e. The smallest absolute Gasteiger partial charge is 0.142 e. The quantitative estimate of drug-likeness (QED) is 0.929. The fourth-order valence-corrected chi connectivity index (χ4v) is 2.01. The van der Waals surface area contributed by atoms with E-state index in [4.69, 9.17) is 16.3 Å². The van der Waals surface area contributed by atoms with Crippen LogP contribution in [0.3, 0.4) is 0 Å². The van der Waals surface area contributed by atoms with E-state index in [-0.39, 0.29) is 5.54 Å². The lowest BCUT2D eigenvalue weighted by molar-refractivity contribution is 0.355. The van der Waals surface area contributed by atoms with Gasteiger partial charge in [-0.3, -0.25) is 4.68 Å². The Labute approximate surface area is 124 Å². The predicted molar refractivity (Wildman–Crippen MR) is 82.6 cm³/mol. The second-order valence-electron chi connectivity index (χ2n) is 5.66. The van der Waals surface area contributed by atoms with Crippen molar-refractivity contribution in [3.05, 3.63) is 41.2 Å². The van der Waals surface area contributed by atoms with Crippen LogP contribution in [0.25, 0.3) is 0 Å². The van der Waals surface area contributed by atoms with E-state index in [2.05, 4.69) is 31.2 Å². The number of methoxy groups -OCH3 is 1. The number of nitrogens with zero attached hydrogens (tertiary/aromatic N) is 2. The second kappa shape index (κ2) is 5.75. The molecule has 0 unspecified atom stereocenters. The molecule has 108 valence electrons. The molecule has 0 aliphatic carbocycles. The van der Waals surface area contributed by atoms with Gasteiger partial charge in [-0.05, 0) is 39.0 Å². The molecule has 5 heteroatoms. The van der Waals surface area contributed by atoms with Gasteiger partial charge in [0.25, 0.3) is 0 Å². The van der Waals surface area contributed by atoms with E-state index >= 15 is 0 Å². The third-order valence-electron chi connectivity index (χ3n) is 2.97. The number of aromatic nitrogens is 2. The summed E-state index contributed by atoms with van der Waals surface area (Å²) < 4.78 is 7.26. The summed E-state index contributed by atoms with van der Waals surface area (Å²) in [6.07, 6.45) is 3.92. The zero-order chi connectivity index (χ0) is 14.8. The molecule has 0 atom stereocenters. The molecule has 20 heavy (non-hydrogen) atoms. The van der Waals surface area contributed by atoms with Crippen LogP contribution in [-0.2, 0) is 12.1 Å². The first-order valence-corrected chi connectivity index (χ1v) is 6.89. The molecule has 0 saturated carbocycles. The number of benzene rings is 1. The first-order chi connectivity index (χ1) is 9.40.